The van der Waals surface area contributed by atoms with Crippen LogP contribution in [0, 0.1) is 5.92 Å². The molecule has 2 fully saturated rings. The van der Waals surface area contributed by atoms with Crippen molar-refractivity contribution in [3.05, 3.63) is 0 Å². The van der Waals surface area contributed by atoms with Gasteiger partial charge in [0.25, 0.3) is 0 Å². The third kappa shape index (κ3) is 4.35. The average molecular weight is 290 g/mol. The SMILES string of the molecule is CNCC1CCN(C(=O)CN2CCCC2=O)CC1.Cl. The van der Waals surface area contributed by atoms with Gasteiger partial charge in [-0.3, -0.25) is 9.59 Å². The van der Waals surface area contributed by atoms with Crippen LogP contribution in [0.15, 0.2) is 0 Å². The van der Waals surface area contributed by atoms with Crippen molar-refractivity contribution < 1.29 is 9.59 Å². The largest absolute Gasteiger partial charge is 0.341 e. The Balaban J connectivity index is 0.00000180. The molecule has 6 heteroatoms. The number of carbonyl (C=O) groups is 2. The number of likely N-dealkylation sites (tertiary alicyclic amines) is 2. The van der Waals surface area contributed by atoms with Gasteiger partial charge in [0.1, 0.15) is 0 Å². The fourth-order valence-corrected chi connectivity index (χ4v) is 2.81. The fraction of sp³-hybridized carbons (Fsp3) is 0.846. The highest BCUT2D eigenvalue weighted by molar-refractivity contribution is 5.86. The molecule has 0 unspecified atom stereocenters. The predicted octanol–water partition coefficient (Wildman–Crippen LogP) is 0.489. The van der Waals surface area contributed by atoms with Crippen LogP contribution in [0.25, 0.3) is 0 Å². The first kappa shape index (κ1) is 16.2. The molecule has 110 valence electrons. The molecule has 2 aliphatic heterocycles. The summed E-state index contributed by atoms with van der Waals surface area (Å²) < 4.78 is 0. The molecule has 0 aromatic heterocycles. The Morgan fingerprint density at radius 2 is 2.00 bits per heavy atom. The standard InChI is InChI=1S/C13H23N3O2.ClH/c1-14-9-11-4-7-15(8-5-11)13(18)10-16-6-2-3-12(16)17;/h11,14H,2-10H2,1H3;1H. The molecule has 2 amide bonds. The summed E-state index contributed by atoms with van der Waals surface area (Å²) in [5.74, 6) is 0.939. The van der Waals surface area contributed by atoms with Gasteiger partial charge in [-0.2, -0.15) is 0 Å². The summed E-state index contributed by atoms with van der Waals surface area (Å²) in [7, 11) is 1.97. The summed E-state index contributed by atoms with van der Waals surface area (Å²) in [4.78, 5) is 27.2. The monoisotopic (exact) mass is 289 g/mol. The first-order valence-electron chi connectivity index (χ1n) is 6.91. The van der Waals surface area contributed by atoms with E-state index < -0.39 is 0 Å². The highest BCUT2D eigenvalue weighted by Gasteiger charge is 2.27. The molecule has 0 aromatic carbocycles. The molecule has 2 saturated heterocycles. The number of hydrogen-bond donors (Lipinski definition) is 1. The molecule has 0 spiro atoms. The number of amides is 2. The minimum atomic E-state index is 0. The second kappa shape index (κ2) is 7.70. The molecule has 0 radical (unpaired) electrons. The number of nitrogens with one attached hydrogen (secondary N) is 1. The van der Waals surface area contributed by atoms with Gasteiger partial charge in [-0.25, -0.2) is 0 Å². The van der Waals surface area contributed by atoms with Crippen molar-refractivity contribution in [1.82, 2.24) is 15.1 Å². The van der Waals surface area contributed by atoms with Crippen LogP contribution in [0.2, 0.25) is 0 Å². The van der Waals surface area contributed by atoms with Gasteiger partial charge in [0.2, 0.25) is 11.8 Å². The number of hydrogen-bond acceptors (Lipinski definition) is 3. The lowest BCUT2D eigenvalue weighted by molar-refractivity contribution is -0.139. The van der Waals surface area contributed by atoms with Gasteiger partial charge in [0, 0.05) is 26.1 Å². The molecule has 1 N–H and O–H groups in total. The Hall–Kier alpha value is -0.810. The van der Waals surface area contributed by atoms with Crippen LogP contribution >= 0.6 is 12.4 Å². The third-order valence-electron chi connectivity index (χ3n) is 3.96. The average Bonchev–Trinajstić information content (AvgIpc) is 2.76. The van der Waals surface area contributed by atoms with E-state index in [1.54, 1.807) is 4.90 Å². The zero-order valence-electron chi connectivity index (χ0n) is 11.6. The van der Waals surface area contributed by atoms with Gasteiger partial charge in [-0.05, 0) is 38.8 Å². The van der Waals surface area contributed by atoms with E-state index in [1.807, 2.05) is 11.9 Å². The van der Waals surface area contributed by atoms with Crippen LogP contribution in [0.1, 0.15) is 25.7 Å². The Kier molecular flexibility index (Phi) is 6.58. The zero-order valence-corrected chi connectivity index (χ0v) is 12.4. The van der Waals surface area contributed by atoms with Crippen molar-refractivity contribution in [2.45, 2.75) is 25.7 Å². The molecule has 0 aliphatic carbocycles. The van der Waals surface area contributed by atoms with E-state index in [0.717, 1.165) is 45.4 Å². The van der Waals surface area contributed by atoms with E-state index in [1.165, 1.54) is 0 Å². The Morgan fingerprint density at radius 3 is 2.53 bits per heavy atom. The summed E-state index contributed by atoms with van der Waals surface area (Å²) in [6.07, 6.45) is 3.65. The lowest BCUT2D eigenvalue weighted by Gasteiger charge is -2.33. The quantitative estimate of drug-likeness (QED) is 0.819. The van der Waals surface area contributed by atoms with Crippen LogP contribution in [0.3, 0.4) is 0 Å². The minimum Gasteiger partial charge on any atom is -0.341 e. The van der Waals surface area contributed by atoms with Gasteiger partial charge in [0.05, 0.1) is 6.54 Å². The number of carbonyl (C=O) groups excluding carboxylic acids is 2. The number of halogens is 1. The molecule has 19 heavy (non-hydrogen) atoms. The second-order valence-corrected chi connectivity index (χ2v) is 5.30. The maximum Gasteiger partial charge on any atom is 0.242 e. The Morgan fingerprint density at radius 1 is 1.32 bits per heavy atom. The van der Waals surface area contributed by atoms with Crippen molar-refractivity contribution in [2.24, 2.45) is 5.92 Å². The van der Waals surface area contributed by atoms with Crippen LogP contribution in [-0.2, 0) is 9.59 Å². The van der Waals surface area contributed by atoms with Gasteiger partial charge in [0.15, 0.2) is 0 Å². The molecular weight excluding hydrogens is 266 g/mol. The Labute approximate surface area is 121 Å². The van der Waals surface area contributed by atoms with Gasteiger partial charge in [-0.15, -0.1) is 12.4 Å². The molecule has 0 saturated carbocycles. The molecule has 2 rings (SSSR count). The van der Waals surface area contributed by atoms with Crippen molar-refractivity contribution >= 4 is 24.2 Å². The smallest absolute Gasteiger partial charge is 0.242 e. The topological polar surface area (TPSA) is 52.7 Å². The van der Waals surface area contributed by atoms with Crippen molar-refractivity contribution in [2.75, 3.05) is 39.8 Å². The third-order valence-corrected chi connectivity index (χ3v) is 3.96. The van der Waals surface area contributed by atoms with E-state index in [9.17, 15) is 9.59 Å². The molecular formula is C13H24ClN3O2. The fourth-order valence-electron chi connectivity index (χ4n) is 2.81. The molecule has 0 aromatic rings. The predicted molar refractivity (Wildman–Crippen MR) is 76.3 cm³/mol. The summed E-state index contributed by atoms with van der Waals surface area (Å²) in [6.45, 7) is 3.75. The van der Waals surface area contributed by atoms with E-state index in [0.29, 0.717) is 12.3 Å². The second-order valence-electron chi connectivity index (χ2n) is 5.30. The molecule has 0 bridgehead atoms. The molecule has 5 nitrogen and oxygen atoms in total. The van der Waals surface area contributed by atoms with Crippen molar-refractivity contribution in [1.29, 1.82) is 0 Å². The van der Waals surface area contributed by atoms with Crippen molar-refractivity contribution in [3.8, 4) is 0 Å². The Bertz CT molecular complexity index is 317. The van der Waals surface area contributed by atoms with Crippen molar-refractivity contribution in [3.63, 3.8) is 0 Å². The number of piperidine rings is 1. The molecule has 0 atom stereocenters. The summed E-state index contributed by atoms with van der Waals surface area (Å²) >= 11 is 0. The first-order valence-corrected chi connectivity index (χ1v) is 6.91. The van der Waals surface area contributed by atoms with Gasteiger partial charge >= 0.3 is 0 Å². The van der Waals surface area contributed by atoms with Gasteiger partial charge < -0.3 is 15.1 Å². The van der Waals surface area contributed by atoms with Gasteiger partial charge in [-0.1, -0.05) is 0 Å². The number of rotatable bonds is 4. The normalized spacial score (nSPS) is 20.6. The molecule has 2 heterocycles. The van der Waals surface area contributed by atoms with Crippen LogP contribution in [0.4, 0.5) is 0 Å². The zero-order chi connectivity index (χ0) is 13.0. The highest BCUT2D eigenvalue weighted by Crippen LogP contribution is 2.17. The van der Waals surface area contributed by atoms with E-state index >= 15 is 0 Å². The molecule has 2 aliphatic rings. The van der Waals surface area contributed by atoms with Crippen LogP contribution in [-0.4, -0.2) is 61.4 Å². The van der Waals surface area contributed by atoms with E-state index in [4.69, 9.17) is 0 Å². The minimum absolute atomic E-state index is 0. The van der Waals surface area contributed by atoms with Crippen LogP contribution in [0.5, 0.6) is 0 Å². The highest BCUT2D eigenvalue weighted by atomic mass is 35.5. The van der Waals surface area contributed by atoms with Crippen LogP contribution < -0.4 is 5.32 Å². The summed E-state index contributed by atoms with van der Waals surface area (Å²) in [5.41, 5.74) is 0. The lowest BCUT2D eigenvalue weighted by Crippen LogP contribution is -2.45. The maximum atomic E-state index is 12.1. The maximum absolute atomic E-state index is 12.1. The number of nitrogens with zero attached hydrogens (tertiary/aromatic N) is 2. The summed E-state index contributed by atoms with van der Waals surface area (Å²) in [6, 6.07) is 0. The summed E-state index contributed by atoms with van der Waals surface area (Å²) in [5, 5.41) is 3.19. The van der Waals surface area contributed by atoms with E-state index in [2.05, 4.69) is 5.32 Å². The first-order chi connectivity index (χ1) is 8.70. The lowest BCUT2D eigenvalue weighted by atomic mass is 9.97. The van der Waals surface area contributed by atoms with E-state index in [-0.39, 0.29) is 30.8 Å².